The molecule has 1 aromatic heterocycles. The summed E-state index contributed by atoms with van der Waals surface area (Å²) in [6.45, 7) is 0. The average Bonchev–Trinajstić information content (AvgIpc) is 3.43. The van der Waals surface area contributed by atoms with E-state index in [2.05, 4.69) is 10.5 Å². The van der Waals surface area contributed by atoms with Crippen LogP contribution in [0.25, 0.3) is 16.9 Å². The van der Waals surface area contributed by atoms with Gasteiger partial charge in [0, 0.05) is 29.3 Å². The van der Waals surface area contributed by atoms with Gasteiger partial charge in [-0.1, -0.05) is 30.3 Å². The minimum atomic E-state index is -0.285. The van der Waals surface area contributed by atoms with Gasteiger partial charge in [0.05, 0.1) is 23.1 Å². The predicted octanol–water partition coefficient (Wildman–Crippen LogP) is 4.82. The molecule has 1 aliphatic rings. The maximum absolute atomic E-state index is 13.5. The van der Waals surface area contributed by atoms with Crippen molar-refractivity contribution < 1.29 is 9.50 Å². The predicted molar refractivity (Wildman–Crippen MR) is 114 cm³/mol. The minimum Gasteiger partial charge on any atom is -0.507 e. The Morgan fingerprint density at radius 3 is 2.43 bits per heavy atom. The van der Waals surface area contributed by atoms with Gasteiger partial charge < -0.3 is 10.5 Å². The zero-order valence-electron chi connectivity index (χ0n) is 16.0. The van der Waals surface area contributed by atoms with Crippen molar-refractivity contribution in [3.8, 4) is 22.7 Å². The molecule has 0 unspecified atom stereocenters. The highest BCUT2D eigenvalue weighted by molar-refractivity contribution is 6.04. The van der Waals surface area contributed by atoms with Crippen molar-refractivity contribution >= 4 is 5.71 Å². The minimum absolute atomic E-state index is 0.114. The van der Waals surface area contributed by atoms with Crippen LogP contribution in [0.1, 0.15) is 23.6 Å². The molecule has 1 atom stereocenters. The second-order valence-corrected chi connectivity index (χ2v) is 7.18. The van der Waals surface area contributed by atoms with Crippen LogP contribution in [-0.4, -0.2) is 20.6 Å². The van der Waals surface area contributed by atoms with E-state index < -0.39 is 0 Å². The molecule has 3 aromatic carbocycles. The van der Waals surface area contributed by atoms with Crippen molar-refractivity contribution in [2.24, 2.45) is 5.10 Å². The summed E-state index contributed by atoms with van der Waals surface area (Å²) < 4.78 is 15.3. The summed E-state index contributed by atoms with van der Waals surface area (Å²) in [6, 6.07) is 23.2. The number of halogens is 1. The summed E-state index contributed by atoms with van der Waals surface area (Å²) in [7, 11) is 0. The molecule has 2 heterocycles. The number of nitrogens with zero attached hydrogens (tertiary/aromatic N) is 3. The highest BCUT2D eigenvalue weighted by Crippen LogP contribution is 2.34. The van der Waals surface area contributed by atoms with E-state index in [0.29, 0.717) is 12.0 Å². The summed E-state index contributed by atoms with van der Waals surface area (Å²) in [4.78, 5) is 0. The van der Waals surface area contributed by atoms with E-state index in [9.17, 15) is 9.50 Å². The summed E-state index contributed by atoms with van der Waals surface area (Å²) in [5, 5.41) is 19.4. The Bertz CT molecular complexity index is 1220. The average molecular weight is 398 g/mol. The Balaban J connectivity index is 1.53. The molecule has 5 nitrogen and oxygen atoms in total. The van der Waals surface area contributed by atoms with Crippen LogP contribution in [0.15, 0.2) is 90.2 Å². The van der Waals surface area contributed by atoms with Crippen molar-refractivity contribution in [2.75, 3.05) is 0 Å². The molecule has 0 spiro atoms. The largest absolute Gasteiger partial charge is 0.507 e. The topological polar surface area (TPSA) is 62.4 Å². The number of hydrazone groups is 1. The van der Waals surface area contributed by atoms with Gasteiger partial charge in [0.15, 0.2) is 0 Å². The lowest BCUT2D eigenvalue weighted by Gasteiger charge is -2.10. The first-order valence-electron chi connectivity index (χ1n) is 9.70. The summed E-state index contributed by atoms with van der Waals surface area (Å²) in [5.41, 5.74) is 8.18. The standard InChI is InChI=1S/C24H19FN4O/c25-17-12-10-16(11-13-17)24-20(15-29(28-24)18-6-2-1-3-7-18)22-14-21(26-27-22)19-8-4-5-9-23(19)30/h1-13,15,22,27,30H,14H2/t22-/m1/s1. The van der Waals surface area contributed by atoms with Crippen LogP contribution < -0.4 is 5.43 Å². The lowest BCUT2D eigenvalue weighted by molar-refractivity contribution is 0.474. The van der Waals surface area contributed by atoms with E-state index in [1.54, 1.807) is 24.3 Å². The molecule has 30 heavy (non-hydrogen) atoms. The van der Waals surface area contributed by atoms with Crippen LogP contribution in [0.5, 0.6) is 5.75 Å². The number of phenolic OH excluding ortho intramolecular Hbond substituents is 1. The number of rotatable bonds is 4. The number of benzene rings is 3. The second kappa shape index (κ2) is 7.48. The van der Waals surface area contributed by atoms with Gasteiger partial charge in [0.2, 0.25) is 0 Å². The number of para-hydroxylation sites is 2. The van der Waals surface area contributed by atoms with E-state index in [-0.39, 0.29) is 17.6 Å². The van der Waals surface area contributed by atoms with Gasteiger partial charge in [0.25, 0.3) is 0 Å². The first-order chi connectivity index (χ1) is 14.7. The third-order valence-corrected chi connectivity index (χ3v) is 5.22. The summed E-state index contributed by atoms with van der Waals surface area (Å²) in [6.07, 6.45) is 2.58. The van der Waals surface area contributed by atoms with Gasteiger partial charge in [-0.15, -0.1) is 0 Å². The number of aromatic nitrogens is 2. The van der Waals surface area contributed by atoms with Crippen molar-refractivity contribution in [1.82, 2.24) is 15.2 Å². The zero-order chi connectivity index (χ0) is 20.5. The molecule has 0 radical (unpaired) electrons. The van der Waals surface area contributed by atoms with Crippen molar-refractivity contribution in [2.45, 2.75) is 12.5 Å². The van der Waals surface area contributed by atoms with Crippen LogP contribution in [0.2, 0.25) is 0 Å². The van der Waals surface area contributed by atoms with Crippen LogP contribution in [0, 0.1) is 5.82 Å². The molecule has 0 bridgehead atoms. The van der Waals surface area contributed by atoms with E-state index in [4.69, 9.17) is 5.10 Å². The molecular formula is C24H19FN4O. The maximum Gasteiger partial charge on any atom is 0.124 e. The highest BCUT2D eigenvalue weighted by atomic mass is 19.1. The van der Waals surface area contributed by atoms with Crippen LogP contribution in [-0.2, 0) is 0 Å². The molecule has 4 aromatic rings. The smallest absolute Gasteiger partial charge is 0.124 e. The lowest BCUT2D eigenvalue weighted by Crippen LogP contribution is -2.10. The third kappa shape index (κ3) is 3.33. The van der Waals surface area contributed by atoms with E-state index in [1.165, 1.54) is 12.1 Å². The molecule has 0 aliphatic carbocycles. The fourth-order valence-electron chi connectivity index (χ4n) is 3.70. The molecule has 2 N–H and O–H groups in total. The fraction of sp³-hybridized carbons (Fsp3) is 0.0833. The van der Waals surface area contributed by atoms with Gasteiger partial charge in [-0.25, -0.2) is 9.07 Å². The third-order valence-electron chi connectivity index (χ3n) is 5.22. The Morgan fingerprint density at radius 1 is 0.933 bits per heavy atom. The number of phenols is 1. The molecule has 5 rings (SSSR count). The van der Waals surface area contributed by atoms with Crippen LogP contribution in [0.4, 0.5) is 4.39 Å². The number of aromatic hydroxyl groups is 1. The number of hydrogen-bond donors (Lipinski definition) is 2. The molecule has 1 aliphatic heterocycles. The van der Waals surface area contributed by atoms with Gasteiger partial charge in [-0.05, 0) is 48.5 Å². The van der Waals surface area contributed by atoms with Crippen molar-refractivity contribution in [3.05, 3.63) is 102 Å². The van der Waals surface area contributed by atoms with Crippen LogP contribution >= 0.6 is 0 Å². The molecular weight excluding hydrogens is 379 g/mol. The number of hydrogen-bond acceptors (Lipinski definition) is 4. The van der Waals surface area contributed by atoms with Gasteiger partial charge in [-0.2, -0.15) is 10.2 Å². The zero-order valence-corrected chi connectivity index (χ0v) is 16.0. The summed E-state index contributed by atoms with van der Waals surface area (Å²) in [5.74, 6) is -0.0793. The van der Waals surface area contributed by atoms with Gasteiger partial charge in [0.1, 0.15) is 11.6 Å². The summed E-state index contributed by atoms with van der Waals surface area (Å²) >= 11 is 0. The highest BCUT2D eigenvalue weighted by Gasteiger charge is 2.27. The monoisotopic (exact) mass is 398 g/mol. The molecule has 0 saturated carbocycles. The molecule has 0 amide bonds. The Labute approximate surface area is 173 Å². The molecule has 148 valence electrons. The van der Waals surface area contributed by atoms with E-state index in [1.807, 2.05) is 53.3 Å². The second-order valence-electron chi connectivity index (χ2n) is 7.18. The Morgan fingerprint density at radius 2 is 1.67 bits per heavy atom. The first-order valence-corrected chi connectivity index (χ1v) is 9.70. The Kier molecular flexibility index (Phi) is 4.52. The SMILES string of the molecule is Oc1ccccc1C1=NN[C@@H](c2cn(-c3ccccc3)nc2-c2ccc(F)cc2)C1. The quantitative estimate of drug-likeness (QED) is 0.518. The van der Waals surface area contributed by atoms with Crippen LogP contribution in [0.3, 0.4) is 0 Å². The van der Waals surface area contributed by atoms with Gasteiger partial charge in [-0.3, -0.25) is 0 Å². The maximum atomic E-state index is 13.5. The van der Waals surface area contributed by atoms with Gasteiger partial charge >= 0.3 is 0 Å². The number of nitrogens with one attached hydrogen (secondary N) is 1. The normalized spacial score (nSPS) is 15.6. The van der Waals surface area contributed by atoms with Crippen molar-refractivity contribution in [3.63, 3.8) is 0 Å². The lowest BCUT2D eigenvalue weighted by atomic mass is 9.97. The molecule has 0 fully saturated rings. The van der Waals surface area contributed by atoms with E-state index in [0.717, 1.165) is 28.2 Å². The Hall–Kier alpha value is -3.93. The van der Waals surface area contributed by atoms with Crippen molar-refractivity contribution in [1.29, 1.82) is 0 Å². The van der Waals surface area contributed by atoms with E-state index >= 15 is 0 Å². The first kappa shape index (κ1) is 18.1. The fourth-order valence-corrected chi connectivity index (χ4v) is 3.70. The molecule has 0 saturated heterocycles. The molecule has 6 heteroatoms.